The van der Waals surface area contributed by atoms with Crippen molar-refractivity contribution in [3.63, 3.8) is 0 Å². The monoisotopic (exact) mass is 291 g/mol. The van der Waals surface area contributed by atoms with Gasteiger partial charge in [0, 0.05) is 22.4 Å². The van der Waals surface area contributed by atoms with Gasteiger partial charge in [-0.3, -0.25) is 0 Å². The van der Waals surface area contributed by atoms with Gasteiger partial charge in [-0.2, -0.15) is 5.10 Å². The smallest absolute Gasteiger partial charge is 0.0787 e. The maximum absolute atomic E-state index is 6.32. The molecule has 3 nitrogen and oxygen atoms in total. The molecule has 0 unspecified atom stereocenters. The van der Waals surface area contributed by atoms with E-state index in [0.29, 0.717) is 0 Å². The minimum Gasteiger partial charge on any atom is -0.321 e. The van der Waals surface area contributed by atoms with Crippen LogP contribution in [0.4, 0.5) is 0 Å². The molecule has 0 atom stereocenters. The van der Waals surface area contributed by atoms with E-state index >= 15 is 0 Å². The molecule has 3 rings (SSSR count). The number of rotatable bonds is 2. The molecule has 0 radical (unpaired) electrons. The predicted octanol–water partition coefficient (Wildman–Crippen LogP) is 2.97. The van der Waals surface area contributed by atoms with Crippen molar-refractivity contribution in [2.24, 2.45) is 5.73 Å². The van der Waals surface area contributed by atoms with Crippen LogP contribution in [0, 0.1) is 0 Å². The highest BCUT2D eigenvalue weighted by molar-refractivity contribution is 9.10. The second-order valence-electron chi connectivity index (χ2n) is 4.63. The third kappa shape index (κ3) is 1.81. The van der Waals surface area contributed by atoms with Crippen molar-refractivity contribution in [2.75, 3.05) is 0 Å². The molecule has 1 heterocycles. The molecule has 2 N–H and O–H groups in total. The summed E-state index contributed by atoms with van der Waals surface area (Å²) in [6.45, 7) is 0. The molecule has 0 amide bonds. The molecule has 88 valence electrons. The number of halogens is 1. The van der Waals surface area contributed by atoms with Crippen LogP contribution < -0.4 is 5.73 Å². The first-order chi connectivity index (χ1) is 8.19. The largest absolute Gasteiger partial charge is 0.321 e. The number of nitrogens with two attached hydrogens (primary N) is 1. The minimum absolute atomic E-state index is 0.106. The molecule has 0 aliphatic heterocycles. The van der Waals surface area contributed by atoms with E-state index in [-0.39, 0.29) is 5.54 Å². The fourth-order valence-corrected chi connectivity index (χ4v) is 2.82. The Morgan fingerprint density at radius 1 is 1.35 bits per heavy atom. The average molecular weight is 292 g/mol. The van der Waals surface area contributed by atoms with Gasteiger partial charge in [-0.25, -0.2) is 4.68 Å². The van der Waals surface area contributed by atoms with Gasteiger partial charge < -0.3 is 5.73 Å². The van der Waals surface area contributed by atoms with Crippen LogP contribution in [0.3, 0.4) is 0 Å². The standard InChI is InChI=1S/C13H14BrN3/c14-11-9-10(13(15)5-1-6-13)3-4-12(11)17-8-2-7-16-17/h2-4,7-9H,1,5-6,15H2. The van der Waals surface area contributed by atoms with Crippen molar-refractivity contribution >= 4 is 15.9 Å². The van der Waals surface area contributed by atoms with Gasteiger partial charge in [0.15, 0.2) is 0 Å². The molecule has 0 saturated heterocycles. The van der Waals surface area contributed by atoms with Crippen LogP contribution in [-0.4, -0.2) is 9.78 Å². The van der Waals surface area contributed by atoms with Crippen LogP contribution in [0.2, 0.25) is 0 Å². The Morgan fingerprint density at radius 3 is 2.71 bits per heavy atom. The zero-order valence-corrected chi connectivity index (χ0v) is 11.0. The average Bonchev–Trinajstić information content (AvgIpc) is 2.79. The lowest BCUT2D eigenvalue weighted by atomic mass is 9.73. The van der Waals surface area contributed by atoms with Gasteiger partial charge in [0.25, 0.3) is 0 Å². The van der Waals surface area contributed by atoms with Crippen LogP contribution in [0.1, 0.15) is 24.8 Å². The summed E-state index contributed by atoms with van der Waals surface area (Å²) in [7, 11) is 0. The van der Waals surface area contributed by atoms with E-state index in [1.165, 1.54) is 12.0 Å². The fourth-order valence-electron chi connectivity index (χ4n) is 2.26. The minimum atomic E-state index is -0.106. The van der Waals surface area contributed by atoms with E-state index in [4.69, 9.17) is 5.73 Å². The van der Waals surface area contributed by atoms with Crippen LogP contribution in [-0.2, 0) is 5.54 Å². The van der Waals surface area contributed by atoms with Crippen molar-refractivity contribution in [2.45, 2.75) is 24.8 Å². The molecule has 0 bridgehead atoms. The summed E-state index contributed by atoms with van der Waals surface area (Å²) in [6.07, 6.45) is 7.11. The lowest BCUT2D eigenvalue weighted by molar-refractivity contribution is 0.253. The Labute approximate surface area is 109 Å². The van der Waals surface area contributed by atoms with Gasteiger partial charge in [0.2, 0.25) is 0 Å². The number of benzene rings is 1. The fraction of sp³-hybridized carbons (Fsp3) is 0.308. The van der Waals surface area contributed by atoms with E-state index in [2.05, 4.69) is 39.2 Å². The highest BCUT2D eigenvalue weighted by Gasteiger charge is 2.34. The zero-order chi connectivity index (χ0) is 11.9. The number of nitrogens with zero attached hydrogens (tertiary/aromatic N) is 2. The van der Waals surface area contributed by atoms with Crippen LogP contribution in [0.25, 0.3) is 5.69 Å². The summed E-state index contributed by atoms with van der Waals surface area (Å²) in [5.41, 5.74) is 8.47. The van der Waals surface area contributed by atoms with Gasteiger partial charge >= 0.3 is 0 Å². The predicted molar refractivity (Wildman–Crippen MR) is 71.0 cm³/mol. The van der Waals surface area contributed by atoms with E-state index in [9.17, 15) is 0 Å². The van der Waals surface area contributed by atoms with Gasteiger partial charge in [-0.05, 0) is 59.0 Å². The summed E-state index contributed by atoms with van der Waals surface area (Å²) in [5, 5.41) is 4.23. The summed E-state index contributed by atoms with van der Waals surface area (Å²) >= 11 is 3.60. The summed E-state index contributed by atoms with van der Waals surface area (Å²) in [5.74, 6) is 0. The molecule has 2 aromatic rings. The number of aromatic nitrogens is 2. The third-order valence-corrected chi connectivity index (χ3v) is 4.15. The van der Waals surface area contributed by atoms with Gasteiger partial charge in [-0.1, -0.05) is 6.07 Å². The highest BCUT2D eigenvalue weighted by atomic mass is 79.9. The molecule has 4 heteroatoms. The third-order valence-electron chi connectivity index (χ3n) is 3.52. The molecule has 1 aliphatic carbocycles. The van der Waals surface area contributed by atoms with Crippen LogP contribution in [0.5, 0.6) is 0 Å². The summed E-state index contributed by atoms with van der Waals surface area (Å²) in [4.78, 5) is 0. The van der Waals surface area contributed by atoms with E-state index in [1.807, 2.05) is 16.9 Å². The van der Waals surface area contributed by atoms with Gasteiger partial charge in [0.1, 0.15) is 0 Å². The summed E-state index contributed by atoms with van der Waals surface area (Å²) < 4.78 is 2.88. The Morgan fingerprint density at radius 2 is 2.18 bits per heavy atom. The molecule has 1 fully saturated rings. The second-order valence-corrected chi connectivity index (χ2v) is 5.48. The maximum atomic E-state index is 6.32. The molecular weight excluding hydrogens is 278 g/mol. The quantitative estimate of drug-likeness (QED) is 0.924. The van der Waals surface area contributed by atoms with Crippen molar-refractivity contribution in [1.29, 1.82) is 0 Å². The normalized spacial score (nSPS) is 17.8. The molecule has 1 aromatic heterocycles. The Bertz CT molecular complexity index is 530. The molecule has 1 aromatic carbocycles. The van der Waals surface area contributed by atoms with Crippen molar-refractivity contribution in [3.05, 3.63) is 46.7 Å². The topological polar surface area (TPSA) is 43.8 Å². The first-order valence-corrected chi connectivity index (χ1v) is 6.57. The van der Waals surface area contributed by atoms with Crippen molar-refractivity contribution in [3.8, 4) is 5.69 Å². The van der Waals surface area contributed by atoms with Crippen molar-refractivity contribution in [1.82, 2.24) is 9.78 Å². The highest BCUT2D eigenvalue weighted by Crippen LogP contribution is 2.40. The van der Waals surface area contributed by atoms with E-state index in [0.717, 1.165) is 23.0 Å². The Balaban J connectivity index is 2.00. The number of hydrogen-bond acceptors (Lipinski definition) is 2. The van der Waals surface area contributed by atoms with Gasteiger partial charge in [-0.15, -0.1) is 0 Å². The summed E-state index contributed by atoms with van der Waals surface area (Å²) in [6, 6.07) is 8.22. The lowest BCUT2D eigenvalue weighted by Crippen LogP contribution is -2.43. The Kier molecular flexibility index (Phi) is 2.56. The molecule has 1 aliphatic rings. The SMILES string of the molecule is NC1(c2ccc(-n3cccn3)c(Br)c2)CCC1. The number of hydrogen-bond donors (Lipinski definition) is 1. The van der Waals surface area contributed by atoms with E-state index in [1.54, 1.807) is 6.20 Å². The van der Waals surface area contributed by atoms with E-state index < -0.39 is 0 Å². The van der Waals surface area contributed by atoms with Crippen LogP contribution >= 0.6 is 15.9 Å². The van der Waals surface area contributed by atoms with Crippen molar-refractivity contribution < 1.29 is 0 Å². The first kappa shape index (κ1) is 11.0. The molecule has 17 heavy (non-hydrogen) atoms. The first-order valence-electron chi connectivity index (χ1n) is 5.78. The maximum Gasteiger partial charge on any atom is 0.0787 e. The van der Waals surface area contributed by atoms with Crippen LogP contribution in [0.15, 0.2) is 41.1 Å². The lowest BCUT2D eigenvalue weighted by Gasteiger charge is -2.38. The van der Waals surface area contributed by atoms with Gasteiger partial charge in [0.05, 0.1) is 5.69 Å². The Hall–Kier alpha value is -1.13. The zero-order valence-electron chi connectivity index (χ0n) is 9.44. The second kappa shape index (κ2) is 3.96. The molecule has 1 saturated carbocycles. The molecular formula is C13H14BrN3. The molecule has 0 spiro atoms.